The van der Waals surface area contributed by atoms with E-state index in [1.165, 1.54) is 11.8 Å². The van der Waals surface area contributed by atoms with E-state index in [2.05, 4.69) is 15.3 Å². The number of amides is 2. The Morgan fingerprint density at radius 1 is 1.13 bits per heavy atom. The van der Waals surface area contributed by atoms with Crippen LogP contribution in [0.2, 0.25) is 0 Å². The lowest BCUT2D eigenvalue weighted by Crippen LogP contribution is -2.31. The van der Waals surface area contributed by atoms with Gasteiger partial charge in [0.15, 0.2) is 11.8 Å². The van der Waals surface area contributed by atoms with Crippen LogP contribution in [-0.2, 0) is 15.3 Å². The molecule has 0 unspecified atom stereocenters. The average molecular weight is 436 g/mol. The van der Waals surface area contributed by atoms with E-state index in [-0.39, 0.29) is 30.3 Å². The van der Waals surface area contributed by atoms with Crippen molar-refractivity contribution in [3.8, 4) is 5.75 Å². The van der Waals surface area contributed by atoms with Gasteiger partial charge in [-0.05, 0) is 23.3 Å². The van der Waals surface area contributed by atoms with Gasteiger partial charge in [-0.15, -0.1) is 0 Å². The molecule has 1 atom stereocenters. The first-order valence-electron chi connectivity index (χ1n) is 9.61. The van der Waals surface area contributed by atoms with Crippen LogP contribution in [0.1, 0.15) is 29.0 Å². The van der Waals surface area contributed by atoms with Crippen molar-refractivity contribution in [1.29, 1.82) is 0 Å². The summed E-state index contributed by atoms with van der Waals surface area (Å²) in [5.74, 6) is 0.201. The predicted octanol–water partition coefficient (Wildman–Crippen LogP) is 2.40. The molecule has 3 aromatic rings. The molecule has 1 aliphatic rings. The highest BCUT2D eigenvalue weighted by Gasteiger charge is 2.31. The molecule has 0 fully saturated rings. The Kier molecular flexibility index (Phi) is 6.03. The Hall–Kier alpha value is -3.59. The molecule has 2 amide bonds. The lowest BCUT2D eigenvalue weighted by molar-refractivity contribution is -0.120. The van der Waals surface area contributed by atoms with Crippen molar-refractivity contribution in [3.63, 3.8) is 0 Å². The van der Waals surface area contributed by atoms with Gasteiger partial charge in [0.2, 0.25) is 5.91 Å². The number of fused-ring (bicyclic) bond motifs is 1. The summed E-state index contributed by atoms with van der Waals surface area (Å²) in [5, 5.41) is 3.17. The van der Waals surface area contributed by atoms with Crippen molar-refractivity contribution < 1.29 is 14.3 Å². The third-order valence-corrected chi connectivity index (χ3v) is 5.76. The third-order valence-electron chi connectivity index (χ3n) is 4.81. The number of ether oxygens (including phenoxy) is 1. The van der Waals surface area contributed by atoms with Crippen molar-refractivity contribution >= 4 is 29.4 Å². The Bertz CT molecular complexity index is 1160. The molecule has 4 rings (SSSR count). The van der Waals surface area contributed by atoms with E-state index in [1.54, 1.807) is 24.3 Å². The molecule has 8 nitrogen and oxygen atoms in total. The number of aromatic amines is 1. The van der Waals surface area contributed by atoms with Gasteiger partial charge in [0.1, 0.15) is 11.6 Å². The van der Waals surface area contributed by atoms with Gasteiger partial charge in [0.25, 0.3) is 11.5 Å². The zero-order valence-electron chi connectivity index (χ0n) is 16.5. The SMILES string of the molecule is NC(=O)COc1ccc([C@@H]2CC(=O)Nc3nc(SCc4ccccc4)[nH]c(=O)c32)cc1. The monoisotopic (exact) mass is 436 g/mol. The topological polar surface area (TPSA) is 127 Å². The van der Waals surface area contributed by atoms with Crippen LogP contribution in [0, 0.1) is 0 Å². The molecule has 0 saturated carbocycles. The maximum absolute atomic E-state index is 12.9. The van der Waals surface area contributed by atoms with Gasteiger partial charge in [-0.2, -0.15) is 0 Å². The second kappa shape index (κ2) is 9.05. The highest BCUT2D eigenvalue weighted by molar-refractivity contribution is 7.98. The van der Waals surface area contributed by atoms with E-state index in [0.717, 1.165) is 11.1 Å². The number of hydrogen-bond acceptors (Lipinski definition) is 6. The van der Waals surface area contributed by atoms with E-state index in [1.807, 2.05) is 30.3 Å². The zero-order chi connectivity index (χ0) is 21.8. The number of nitrogens with two attached hydrogens (primary N) is 1. The third kappa shape index (κ3) is 4.95. The number of aromatic nitrogens is 2. The number of benzene rings is 2. The number of nitrogens with one attached hydrogen (secondary N) is 2. The summed E-state index contributed by atoms with van der Waals surface area (Å²) in [5.41, 5.74) is 7.11. The van der Waals surface area contributed by atoms with Gasteiger partial charge < -0.3 is 20.8 Å². The Morgan fingerprint density at radius 2 is 1.87 bits per heavy atom. The van der Waals surface area contributed by atoms with Gasteiger partial charge in [-0.3, -0.25) is 14.4 Å². The zero-order valence-corrected chi connectivity index (χ0v) is 17.3. The average Bonchev–Trinajstić information content (AvgIpc) is 2.76. The minimum Gasteiger partial charge on any atom is -0.484 e. The van der Waals surface area contributed by atoms with Gasteiger partial charge in [-0.25, -0.2) is 4.98 Å². The first-order valence-corrected chi connectivity index (χ1v) is 10.6. The van der Waals surface area contributed by atoms with Crippen molar-refractivity contribution in [1.82, 2.24) is 9.97 Å². The first kappa shape index (κ1) is 20.7. The summed E-state index contributed by atoms with van der Waals surface area (Å²) in [6.45, 7) is -0.221. The summed E-state index contributed by atoms with van der Waals surface area (Å²) in [7, 11) is 0. The molecule has 1 aromatic heterocycles. The van der Waals surface area contributed by atoms with E-state index < -0.39 is 11.8 Å². The fourth-order valence-corrected chi connectivity index (χ4v) is 4.20. The second-order valence-electron chi connectivity index (χ2n) is 7.04. The molecule has 31 heavy (non-hydrogen) atoms. The lowest BCUT2D eigenvalue weighted by atomic mass is 9.87. The van der Waals surface area contributed by atoms with Crippen LogP contribution in [-0.4, -0.2) is 28.4 Å². The molecular weight excluding hydrogens is 416 g/mol. The van der Waals surface area contributed by atoms with Crippen molar-refractivity contribution in [2.75, 3.05) is 11.9 Å². The molecule has 2 aromatic carbocycles. The number of anilines is 1. The summed E-state index contributed by atoms with van der Waals surface area (Å²) >= 11 is 1.40. The lowest BCUT2D eigenvalue weighted by Gasteiger charge is -2.24. The van der Waals surface area contributed by atoms with Crippen LogP contribution >= 0.6 is 11.8 Å². The molecule has 0 spiro atoms. The van der Waals surface area contributed by atoms with Crippen LogP contribution in [0.15, 0.2) is 64.5 Å². The number of H-pyrrole nitrogens is 1. The van der Waals surface area contributed by atoms with Crippen LogP contribution in [0.25, 0.3) is 0 Å². The highest BCUT2D eigenvalue weighted by Crippen LogP contribution is 2.35. The molecule has 1 aliphatic heterocycles. The smallest absolute Gasteiger partial charge is 0.257 e. The number of rotatable bonds is 7. The van der Waals surface area contributed by atoms with Crippen LogP contribution in [0.5, 0.6) is 5.75 Å². The fraction of sp³-hybridized carbons (Fsp3) is 0.182. The van der Waals surface area contributed by atoms with Gasteiger partial charge in [-0.1, -0.05) is 54.2 Å². The maximum Gasteiger partial charge on any atom is 0.257 e. The van der Waals surface area contributed by atoms with E-state index in [4.69, 9.17) is 10.5 Å². The predicted molar refractivity (Wildman–Crippen MR) is 117 cm³/mol. The molecule has 0 bridgehead atoms. The molecule has 0 radical (unpaired) electrons. The van der Waals surface area contributed by atoms with Gasteiger partial charge >= 0.3 is 0 Å². The number of hydrogen-bond donors (Lipinski definition) is 3. The number of carbonyl (C=O) groups is 2. The number of primary amides is 1. The fourth-order valence-electron chi connectivity index (χ4n) is 3.38. The van der Waals surface area contributed by atoms with Gasteiger partial charge in [0.05, 0.1) is 5.56 Å². The summed E-state index contributed by atoms with van der Waals surface area (Å²) in [6, 6.07) is 16.7. The quantitative estimate of drug-likeness (QED) is 0.386. The minimum atomic E-state index is -0.569. The summed E-state index contributed by atoms with van der Waals surface area (Å²) in [4.78, 5) is 43.4. The summed E-state index contributed by atoms with van der Waals surface area (Å²) in [6.07, 6.45) is 0.135. The van der Waals surface area contributed by atoms with Crippen LogP contribution in [0.3, 0.4) is 0 Å². The molecule has 4 N–H and O–H groups in total. The molecule has 0 aliphatic carbocycles. The number of nitrogens with zero attached hydrogens (tertiary/aromatic N) is 1. The van der Waals surface area contributed by atoms with E-state index in [0.29, 0.717) is 22.2 Å². The molecule has 2 heterocycles. The normalized spacial score (nSPS) is 15.1. The maximum atomic E-state index is 12.9. The molecule has 158 valence electrons. The Morgan fingerprint density at radius 3 is 2.58 bits per heavy atom. The van der Waals surface area contributed by atoms with Crippen molar-refractivity contribution in [2.24, 2.45) is 5.73 Å². The molecule has 0 saturated heterocycles. The Labute approximate surface area is 182 Å². The Balaban J connectivity index is 1.58. The highest BCUT2D eigenvalue weighted by atomic mass is 32.2. The van der Waals surface area contributed by atoms with Crippen LogP contribution < -0.4 is 21.3 Å². The molecule has 9 heteroatoms. The first-order chi connectivity index (χ1) is 15.0. The van der Waals surface area contributed by atoms with Crippen molar-refractivity contribution in [3.05, 3.63) is 81.6 Å². The van der Waals surface area contributed by atoms with E-state index in [9.17, 15) is 14.4 Å². The van der Waals surface area contributed by atoms with E-state index >= 15 is 0 Å². The number of thioether (sulfide) groups is 1. The largest absolute Gasteiger partial charge is 0.484 e. The number of carbonyl (C=O) groups excluding carboxylic acids is 2. The minimum absolute atomic E-state index is 0.135. The standard InChI is InChI=1S/C22H20N4O4S/c23-17(27)11-30-15-8-6-14(7-9-15)16-10-18(28)24-20-19(16)21(29)26-22(25-20)31-12-13-4-2-1-3-5-13/h1-9,16H,10-12H2,(H2,23,27)(H2,24,25,26,28,29)/t16-/m0/s1. The van der Waals surface area contributed by atoms with Gasteiger partial charge in [0, 0.05) is 18.1 Å². The van der Waals surface area contributed by atoms with Crippen LogP contribution in [0.4, 0.5) is 5.82 Å². The van der Waals surface area contributed by atoms with Crippen molar-refractivity contribution in [2.45, 2.75) is 23.2 Å². The summed E-state index contributed by atoms with van der Waals surface area (Å²) < 4.78 is 5.27. The molecular formula is C22H20N4O4S. The second-order valence-corrected chi connectivity index (χ2v) is 8.00.